The molecule has 3 rings (SSSR count). The molecule has 29 heavy (non-hydrogen) atoms. The number of halogens is 1. The van der Waals surface area contributed by atoms with Crippen LogP contribution < -0.4 is 10.6 Å². The van der Waals surface area contributed by atoms with Crippen molar-refractivity contribution in [2.45, 2.75) is 70.4 Å². The fourth-order valence-corrected chi connectivity index (χ4v) is 4.28. The molecular formula is C22H30FN3O3. The predicted octanol–water partition coefficient (Wildman–Crippen LogP) is 3.46. The smallest absolute Gasteiger partial charge is 0.325 e. The van der Waals surface area contributed by atoms with Crippen molar-refractivity contribution in [2.75, 3.05) is 6.54 Å². The van der Waals surface area contributed by atoms with E-state index in [9.17, 15) is 18.8 Å². The molecule has 0 spiro atoms. The lowest BCUT2D eigenvalue weighted by Crippen LogP contribution is -2.47. The van der Waals surface area contributed by atoms with E-state index in [2.05, 4.69) is 17.6 Å². The van der Waals surface area contributed by atoms with Crippen molar-refractivity contribution in [1.82, 2.24) is 15.5 Å². The third-order valence-corrected chi connectivity index (χ3v) is 6.10. The lowest BCUT2D eigenvalue weighted by molar-refractivity contribution is -0.135. The van der Waals surface area contributed by atoms with Gasteiger partial charge >= 0.3 is 6.03 Å². The van der Waals surface area contributed by atoms with Crippen LogP contribution in [0.4, 0.5) is 9.18 Å². The molecule has 0 radical (unpaired) electrons. The summed E-state index contributed by atoms with van der Waals surface area (Å²) in [6, 6.07) is 5.12. The summed E-state index contributed by atoms with van der Waals surface area (Å²) in [6.45, 7) is 3.90. The average Bonchev–Trinajstić information content (AvgIpc) is 2.94. The van der Waals surface area contributed by atoms with E-state index in [0.29, 0.717) is 24.3 Å². The Labute approximate surface area is 171 Å². The second kappa shape index (κ2) is 8.93. The molecule has 1 saturated carbocycles. The SMILES string of the molecule is CCCC[C@]1(c2ccc(F)cc2)NC(=O)N(CC(=O)NC2CCC(C)CC2)C1=O. The van der Waals surface area contributed by atoms with Gasteiger partial charge in [0, 0.05) is 6.04 Å². The average molecular weight is 403 g/mol. The lowest BCUT2D eigenvalue weighted by atomic mass is 9.84. The Morgan fingerprint density at radius 2 is 1.86 bits per heavy atom. The van der Waals surface area contributed by atoms with E-state index in [4.69, 9.17) is 0 Å². The quantitative estimate of drug-likeness (QED) is 0.685. The predicted molar refractivity (Wildman–Crippen MR) is 107 cm³/mol. The van der Waals surface area contributed by atoms with E-state index < -0.39 is 23.3 Å². The van der Waals surface area contributed by atoms with E-state index >= 15 is 0 Å². The number of carbonyl (C=O) groups excluding carboxylic acids is 3. The second-order valence-electron chi connectivity index (χ2n) is 8.36. The van der Waals surface area contributed by atoms with Crippen molar-refractivity contribution in [2.24, 2.45) is 5.92 Å². The standard InChI is InChI=1S/C22H30FN3O3/c1-3-4-13-22(16-7-9-17(23)10-8-16)20(28)26(21(29)25-22)14-19(27)24-18-11-5-15(2)6-12-18/h7-10,15,18H,3-6,11-14H2,1-2H3,(H,24,27)(H,25,29)/t15?,18?,22-/m1/s1. The van der Waals surface area contributed by atoms with Crippen LogP contribution >= 0.6 is 0 Å². The first-order valence-electron chi connectivity index (χ1n) is 10.5. The maximum absolute atomic E-state index is 13.4. The van der Waals surface area contributed by atoms with E-state index in [1.54, 1.807) is 0 Å². The topological polar surface area (TPSA) is 78.5 Å². The lowest BCUT2D eigenvalue weighted by Gasteiger charge is -2.28. The Morgan fingerprint density at radius 1 is 1.21 bits per heavy atom. The molecule has 1 aliphatic carbocycles. The molecule has 1 aliphatic heterocycles. The van der Waals surface area contributed by atoms with Gasteiger partial charge in [-0.2, -0.15) is 0 Å². The van der Waals surface area contributed by atoms with Crippen molar-refractivity contribution in [3.05, 3.63) is 35.6 Å². The number of carbonyl (C=O) groups is 3. The molecule has 1 aromatic carbocycles. The van der Waals surface area contributed by atoms with Gasteiger partial charge < -0.3 is 10.6 Å². The molecule has 1 heterocycles. The highest BCUT2D eigenvalue weighted by molar-refractivity contribution is 6.09. The first-order chi connectivity index (χ1) is 13.9. The first kappa shape index (κ1) is 21.3. The maximum Gasteiger partial charge on any atom is 0.325 e. The summed E-state index contributed by atoms with van der Waals surface area (Å²) in [5.41, 5.74) is -0.712. The van der Waals surface area contributed by atoms with Gasteiger partial charge in [-0.25, -0.2) is 9.18 Å². The molecule has 4 amide bonds. The van der Waals surface area contributed by atoms with Gasteiger partial charge in [-0.15, -0.1) is 0 Å². The number of benzene rings is 1. The van der Waals surface area contributed by atoms with Gasteiger partial charge in [-0.1, -0.05) is 38.8 Å². The van der Waals surface area contributed by atoms with Gasteiger partial charge in [0.2, 0.25) is 5.91 Å². The zero-order chi connectivity index (χ0) is 21.0. The molecule has 7 heteroatoms. The summed E-state index contributed by atoms with van der Waals surface area (Å²) >= 11 is 0. The molecule has 1 saturated heterocycles. The third-order valence-electron chi connectivity index (χ3n) is 6.10. The van der Waals surface area contributed by atoms with Crippen molar-refractivity contribution in [3.8, 4) is 0 Å². The minimum absolute atomic E-state index is 0.0985. The number of urea groups is 1. The minimum atomic E-state index is -1.25. The molecule has 1 aromatic rings. The Bertz CT molecular complexity index is 759. The van der Waals surface area contributed by atoms with E-state index in [0.717, 1.165) is 37.0 Å². The Balaban J connectivity index is 1.73. The van der Waals surface area contributed by atoms with Crippen molar-refractivity contribution in [3.63, 3.8) is 0 Å². The summed E-state index contributed by atoms with van der Waals surface area (Å²) in [4.78, 5) is 39.4. The summed E-state index contributed by atoms with van der Waals surface area (Å²) in [7, 11) is 0. The Kier molecular flexibility index (Phi) is 6.55. The Morgan fingerprint density at radius 3 is 2.48 bits per heavy atom. The highest BCUT2D eigenvalue weighted by atomic mass is 19.1. The number of unbranched alkanes of at least 4 members (excludes halogenated alkanes) is 1. The van der Waals surface area contributed by atoms with Crippen LogP contribution in [0.2, 0.25) is 0 Å². The van der Waals surface area contributed by atoms with Gasteiger partial charge in [0.05, 0.1) is 0 Å². The fraction of sp³-hybridized carbons (Fsp3) is 0.591. The second-order valence-corrected chi connectivity index (χ2v) is 8.36. The van der Waals surface area contributed by atoms with Crippen molar-refractivity contribution in [1.29, 1.82) is 0 Å². The molecule has 0 bridgehead atoms. The monoisotopic (exact) mass is 403 g/mol. The van der Waals surface area contributed by atoms with Gasteiger partial charge in [-0.3, -0.25) is 14.5 Å². The fourth-order valence-electron chi connectivity index (χ4n) is 4.28. The summed E-state index contributed by atoms with van der Waals surface area (Å²) < 4.78 is 13.4. The van der Waals surface area contributed by atoms with Gasteiger partial charge in [-0.05, 0) is 55.7 Å². The van der Waals surface area contributed by atoms with Crippen LogP contribution in [0.5, 0.6) is 0 Å². The minimum Gasteiger partial charge on any atom is -0.352 e. The molecule has 0 unspecified atom stereocenters. The van der Waals surface area contributed by atoms with Crippen molar-refractivity contribution < 1.29 is 18.8 Å². The van der Waals surface area contributed by atoms with Crippen molar-refractivity contribution >= 4 is 17.8 Å². The number of nitrogens with one attached hydrogen (secondary N) is 2. The van der Waals surface area contributed by atoms with Crippen LogP contribution in [0.3, 0.4) is 0 Å². The highest BCUT2D eigenvalue weighted by Crippen LogP contribution is 2.34. The summed E-state index contributed by atoms with van der Waals surface area (Å²) in [5, 5.41) is 5.75. The largest absolute Gasteiger partial charge is 0.352 e. The number of amides is 4. The summed E-state index contributed by atoms with van der Waals surface area (Å²) in [6.07, 6.45) is 5.93. The molecule has 2 aliphatic rings. The first-order valence-corrected chi connectivity index (χ1v) is 10.5. The van der Waals surface area contributed by atoms with E-state index in [1.807, 2.05) is 6.92 Å². The van der Waals surface area contributed by atoms with Crippen LogP contribution in [0.25, 0.3) is 0 Å². The Hall–Kier alpha value is -2.44. The number of imide groups is 1. The van der Waals surface area contributed by atoms with Crippen LogP contribution in [0.15, 0.2) is 24.3 Å². The number of rotatable bonds is 7. The third kappa shape index (κ3) is 4.60. The normalized spacial score (nSPS) is 27.1. The van der Waals surface area contributed by atoms with E-state index in [-0.39, 0.29) is 18.5 Å². The highest BCUT2D eigenvalue weighted by Gasteiger charge is 2.52. The zero-order valence-electron chi connectivity index (χ0n) is 17.2. The van der Waals surface area contributed by atoms with Crippen LogP contribution in [0, 0.1) is 11.7 Å². The van der Waals surface area contributed by atoms with E-state index in [1.165, 1.54) is 24.3 Å². The van der Waals surface area contributed by atoms with Crippen LogP contribution in [-0.2, 0) is 15.1 Å². The maximum atomic E-state index is 13.4. The number of hydrogen-bond acceptors (Lipinski definition) is 3. The molecule has 158 valence electrons. The van der Waals surface area contributed by atoms with Gasteiger partial charge in [0.1, 0.15) is 17.9 Å². The number of hydrogen-bond donors (Lipinski definition) is 2. The molecule has 2 fully saturated rings. The summed E-state index contributed by atoms with van der Waals surface area (Å²) in [5.74, 6) is -0.508. The molecule has 2 N–H and O–H groups in total. The molecule has 0 aromatic heterocycles. The van der Waals surface area contributed by atoms with Crippen LogP contribution in [-0.4, -0.2) is 35.3 Å². The van der Waals surface area contributed by atoms with Crippen LogP contribution in [0.1, 0.15) is 64.4 Å². The number of nitrogens with zero attached hydrogens (tertiary/aromatic N) is 1. The zero-order valence-corrected chi connectivity index (χ0v) is 17.2. The van der Waals surface area contributed by atoms with Gasteiger partial charge in [0.25, 0.3) is 5.91 Å². The molecular weight excluding hydrogens is 373 g/mol. The molecule has 6 nitrogen and oxygen atoms in total. The van der Waals surface area contributed by atoms with Gasteiger partial charge in [0.15, 0.2) is 0 Å². The molecule has 1 atom stereocenters.